The number of nitro benzene ring substituents is 1. The lowest BCUT2D eigenvalue weighted by Crippen LogP contribution is -2.29. The van der Waals surface area contributed by atoms with Crippen LogP contribution in [0, 0.1) is 10.1 Å². The van der Waals surface area contributed by atoms with E-state index in [0.717, 1.165) is 6.42 Å². The molecule has 1 amide bonds. The molecule has 9 nitrogen and oxygen atoms in total. The molecule has 0 saturated carbocycles. The number of amides is 1. The zero-order valence-corrected chi connectivity index (χ0v) is 15.3. The number of hydrogen-bond acceptors (Lipinski definition) is 5. The molecule has 3 aromatic rings. The first-order valence-electron chi connectivity index (χ1n) is 9.09. The SMILES string of the molecule is O=C(O)N1CCC[C@H]1c1ncc(-c2ccc([N+](=O)[O-])c(Oc3ccccc3)c2)[nH]1. The van der Waals surface area contributed by atoms with Crippen molar-refractivity contribution in [2.75, 3.05) is 6.54 Å². The fourth-order valence-corrected chi connectivity index (χ4v) is 3.46. The summed E-state index contributed by atoms with van der Waals surface area (Å²) in [6, 6.07) is 13.1. The summed E-state index contributed by atoms with van der Waals surface area (Å²) in [7, 11) is 0. The van der Waals surface area contributed by atoms with Crippen molar-refractivity contribution in [2.24, 2.45) is 0 Å². The molecule has 1 fully saturated rings. The van der Waals surface area contributed by atoms with Crippen LogP contribution in [0.25, 0.3) is 11.3 Å². The van der Waals surface area contributed by atoms with E-state index in [1.165, 1.54) is 11.0 Å². The fraction of sp³-hybridized carbons (Fsp3) is 0.200. The average Bonchev–Trinajstić information content (AvgIpc) is 3.38. The first-order chi connectivity index (χ1) is 14.0. The van der Waals surface area contributed by atoms with Crippen molar-refractivity contribution < 1.29 is 19.6 Å². The number of nitrogens with zero attached hydrogens (tertiary/aromatic N) is 3. The number of benzene rings is 2. The van der Waals surface area contributed by atoms with Gasteiger partial charge in [0.05, 0.1) is 22.9 Å². The molecule has 1 aliphatic heterocycles. The maximum atomic E-state index is 11.4. The Morgan fingerprint density at radius 2 is 2.07 bits per heavy atom. The van der Waals surface area contributed by atoms with Crippen molar-refractivity contribution in [2.45, 2.75) is 18.9 Å². The molecule has 2 heterocycles. The second-order valence-electron chi connectivity index (χ2n) is 6.67. The number of carboxylic acid groups (broad SMARTS) is 1. The fourth-order valence-electron chi connectivity index (χ4n) is 3.46. The third-order valence-electron chi connectivity index (χ3n) is 4.85. The maximum absolute atomic E-state index is 11.4. The number of H-pyrrole nitrogens is 1. The largest absolute Gasteiger partial charge is 0.465 e. The normalized spacial score (nSPS) is 16.0. The summed E-state index contributed by atoms with van der Waals surface area (Å²) in [5.74, 6) is 1.16. The van der Waals surface area contributed by atoms with Gasteiger partial charge in [-0.25, -0.2) is 9.78 Å². The number of imidazole rings is 1. The van der Waals surface area contributed by atoms with Crippen LogP contribution in [0.4, 0.5) is 10.5 Å². The lowest BCUT2D eigenvalue weighted by Gasteiger charge is -2.19. The summed E-state index contributed by atoms with van der Waals surface area (Å²) < 4.78 is 5.73. The highest BCUT2D eigenvalue weighted by Crippen LogP contribution is 2.36. The van der Waals surface area contributed by atoms with Crippen LogP contribution in [0.1, 0.15) is 24.7 Å². The molecule has 0 spiro atoms. The Hall–Kier alpha value is -3.88. The maximum Gasteiger partial charge on any atom is 0.407 e. The first-order valence-corrected chi connectivity index (χ1v) is 9.09. The number of hydrogen-bond donors (Lipinski definition) is 2. The number of nitro groups is 1. The lowest BCUT2D eigenvalue weighted by atomic mass is 10.1. The number of ether oxygens (including phenoxy) is 1. The van der Waals surface area contributed by atoms with Crippen molar-refractivity contribution in [1.82, 2.24) is 14.9 Å². The molecular weight excluding hydrogens is 376 g/mol. The summed E-state index contributed by atoms with van der Waals surface area (Å²) >= 11 is 0. The van der Waals surface area contributed by atoms with E-state index in [9.17, 15) is 20.0 Å². The van der Waals surface area contributed by atoms with Crippen molar-refractivity contribution in [3.63, 3.8) is 0 Å². The van der Waals surface area contributed by atoms with Crippen molar-refractivity contribution in [3.05, 3.63) is 70.7 Å². The molecule has 29 heavy (non-hydrogen) atoms. The molecule has 1 aliphatic rings. The highest BCUT2D eigenvalue weighted by atomic mass is 16.6. The van der Waals surface area contributed by atoms with Crippen LogP contribution in [-0.2, 0) is 0 Å². The molecule has 2 aromatic carbocycles. The van der Waals surface area contributed by atoms with Crippen LogP contribution in [0.2, 0.25) is 0 Å². The Labute approximate surface area is 165 Å². The van der Waals surface area contributed by atoms with Gasteiger partial charge in [0, 0.05) is 18.2 Å². The van der Waals surface area contributed by atoms with Gasteiger partial charge in [0.25, 0.3) is 0 Å². The first kappa shape index (κ1) is 18.5. The molecule has 4 rings (SSSR count). The summed E-state index contributed by atoms with van der Waals surface area (Å²) in [5, 5.41) is 20.7. The van der Waals surface area contributed by atoms with Gasteiger partial charge in [0.2, 0.25) is 5.75 Å². The molecule has 1 saturated heterocycles. The van der Waals surface area contributed by atoms with Gasteiger partial charge in [-0.1, -0.05) is 18.2 Å². The predicted molar refractivity (Wildman–Crippen MR) is 104 cm³/mol. The van der Waals surface area contributed by atoms with E-state index in [2.05, 4.69) is 9.97 Å². The van der Waals surface area contributed by atoms with Crippen molar-refractivity contribution in [3.8, 4) is 22.8 Å². The summed E-state index contributed by atoms with van der Waals surface area (Å²) in [6.45, 7) is 0.475. The van der Waals surface area contributed by atoms with E-state index in [1.54, 1.807) is 42.6 Å². The smallest absolute Gasteiger partial charge is 0.407 e. The van der Waals surface area contributed by atoms with Gasteiger partial charge in [-0.3, -0.25) is 15.0 Å². The zero-order chi connectivity index (χ0) is 20.4. The Morgan fingerprint density at radius 1 is 1.28 bits per heavy atom. The Balaban J connectivity index is 1.65. The van der Waals surface area contributed by atoms with Crippen LogP contribution in [0.3, 0.4) is 0 Å². The minimum Gasteiger partial charge on any atom is -0.465 e. The van der Waals surface area contributed by atoms with Crippen molar-refractivity contribution in [1.29, 1.82) is 0 Å². The highest BCUT2D eigenvalue weighted by molar-refractivity contribution is 5.67. The number of aromatic nitrogens is 2. The average molecular weight is 394 g/mol. The van der Waals surface area contributed by atoms with Gasteiger partial charge in [-0.15, -0.1) is 0 Å². The summed E-state index contributed by atoms with van der Waals surface area (Å²) in [5.41, 5.74) is 1.13. The van der Waals surface area contributed by atoms with Crippen LogP contribution < -0.4 is 4.74 Å². The molecular formula is C20H18N4O5. The number of nitrogens with one attached hydrogen (secondary N) is 1. The third kappa shape index (κ3) is 3.75. The second-order valence-corrected chi connectivity index (χ2v) is 6.67. The van der Waals surface area contributed by atoms with Crippen LogP contribution >= 0.6 is 0 Å². The minimum atomic E-state index is -0.973. The van der Waals surface area contributed by atoms with Gasteiger partial charge in [-0.05, 0) is 37.1 Å². The molecule has 0 unspecified atom stereocenters. The van der Waals surface area contributed by atoms with E-state index in [1.807, 2.05) is 6.07 Å². The zero-order valence-electron chi connectivity index (χ0n) is 15.3. The van der Waals surface area contributed by atoms with Gasteiger partial charge in [0.1, 0.15) is 11.6 Å². The van der Waals surface area contributed by atoms with Gasteiger partial charge in [-0.2, -0.15) is 0 Å². The molecule has 0 aliphatic carbocycles. The van der Waals surface area contributed by atoms with Crippen LogP contribution in [0.5, 0.6) is 11.5 Å². The molecule has 148 valence electrons. The standard InChI is InChI=1S/C20H18N4O5/c25-20(26)23-10-4-7-17(23)19-21-12-15(22-19)13-8-9-16(24(27)28)18(11-13)29-14-5-2-1-3-6-14/h1-3,5-6,8-9,11-12,17H,4,7,10H2,(H,21,22)(H,25,26)/t17-/m0/s1. The predicted octanol–water partition coefficient (Wildman–Crippen LogP) is 4.59. The Kier molecular flexibility index (Phi) is 4.86. The molecule has 1 atom stereocenters. The van der Waals surface area contributed by atoms with E-state index in [4.69, 9.17) is 4.74 Å². The molecule has 1 aromatic heterocycles. The Morgan fingerprint density at radius 3 is 2.79 bits per heavy atom. The van der Waals surface area contributed by atoms with Gasteiger partial charge < -0.3 is 14.8 Å². The van der Waals surface area contributed by atoms with Gasteiger partial charge >= 0.3 is 11.8 Å². The summed E-state index contributed by atoms with van der Waals surface area (Å²) in [4.78, 5) is 31.1. The van der Waals surface area contributed by atoms with E-state index >= 15 is 0 Å². The van der Waals surface area contributed by atoms with E-state index < -0.39 is 11.0 Å². The van der Waals surface area contributed by atoms with E-state index in [0.29, 0.717) is 35.8 Å². The van der Waals surface area contributed by atoms with Crippen LogP contribution in [-0.4, -0.2) is 37.5 Å². The van der Waals surface area contributed by atoms with Gasteiger partial charge in [0.15, 0.2) is 0 Å². The quantitative estimate of drug-likeness (QED) is 0.482. The summed E-state index contributed by atoms with van der Waals surface area (Å²) in [6.07, 6.45) is 2.10. The Bertz CT molecular complexity index is 1050. The van der Waals surface area contributed by atoms with E-state index in [-0.39, 0.29) is 17.5 Å². The molecule has 0 radical (unpaired) electrons. The molecule has 9 heteroatoms. The second kappa shape index (κ2) is 7.63. The number of aromatic amines is 1. The number of para-hydroxylation sites is 1. The molecule has 2 N–H and O–H groups in total. The third-order valence-corrected chi connectivity index (χ3v) is 4.85. The minimum absolute atomic E-state index is 0.114. The van der Waals surface area contributed by atoms with Crippen LogP contribution in [0.15, 0.2) is 54.7 Å². The lowest BCUT2D eigenvalue weighted by molar-refractivity contribution is -0.385. The molecule has 0 bridgehead atoms. The monoisotopic (exact) mass is 394 g/mol. The topological polar surface area (TPSA) is 122 Å². The highest BCUT2D eigenvalue weighted by Gasteiger charge is 2.32. The van der Waals surface area contributed by atoms with Crippen molar-refractivity contribution >= 4 is 11.8 Å². The number of rotatable bonds is 5. The number of likely N-dealkylation sites (tertiary alicyclic amines) is 1. The number of carbonyl (C=O) groups is 1.